The van der Waals surface area contributed by atoms with E-state index < -0.39 is 8.07 Å². The minimum Gasteiger partial charge on any atom is -0.469 e. The van der Waals surface area contributed by atoms with E-state index in [-0.39, 0.29) is 23.5 Å². The summed E-state index contributed by atoms with van der Waals surface area (Å²) in [5, 5.41) is 0.919. The van der Waals surface area contributed by atoms with Crippen molar-refractivity contribution in [1.29, 1.82) is 0 Å². The molecule has 154 valence electrons. The third-order valence-electron chi connectivity index (χ3n) is 6.31. The normalized spacial score (nSPS) is 15.6. The third kappa shape index (κ3) is 5.47. The predicted octanol–water partition coefficient (Wildman–Crippen LogP) is 6.53. The van der Waals surface area contributed by atoms with Gasteiger partial charge in [-0.25, -0.2) is 0 Å². The molecule has 0 amide bonds. The van der Waals surface area contributed by atoms with E-state index in [1.54, 1.807) is 7.11 Å². The van der Waals surface area contributed by atoms with Crippen molar-refractivity contribution in [2.75, 3.05) is 13.9 Å². The number of carbonyl (C=O) groups excluding carboxylic acids is 1. The van der Waals surface area contributed by atoms with Crippen LogP contribution in [0.25, 0.3) is 0 Å². The largest absolute Gasteiger partial charge is 0.469 e. The second kappa shape index (κ2) is 9.73. The molecule has 1 aliphatic carbocycles. The predicted molar refractivity (Wildman–Crippen MR) is 118 cm³/mol. The second-order valence-electron chi connectivity index (χ2n) is 9.32. The summed E-state index contributed by atoms with van der Waals surface area (Å²) in [7, 11) is -0.385. The highest BCUT2D eigenvalue weighted by atomic mass is 28.3. The number of allylic oxidation sites excluding steroid dienone is 1. The van der Waals surface area contributed by atoms with Crippen LogP contribution in [0.4, 0.5) is 0 Å². The smallest absolute Gasteiger partial charge is 0.197 e. The van der Waals surface area contributed by atoms with E-state index in [1.165, 1.54) is 19.3 Å². The SMILES string of the molecule is COCOC(=C=C(C(=O)c1ccccc1)C1CCCCC1)[Si](C)(C)C(C)(C)C. The molecule has 0 N–H and O–H groups in total. The van der Waals surface area contributed by atoms with Gasteiger partial charge >= 0.3 is 0 Å². The monoisotopic (exact) mass is 400 g/mol. The quantitative estimate of drug-likeness (QED) is 0.130. The molecule has 0 heterocycles. The molecule has 3 nitrogen and oxygen atoms in total. The summed E-state index contributed by atoms with van der Waals surface area (Å²) < 4.78 is 11.3. The van der Waals surface area contributed by atoms with Gasteiger partial charge < -0.3 is 9.47 Å². The van der Waals surface area contributed by atoms with Crippen LogP contribution >= 0.6 is 0 Å². The van der Waals surface area contributed by atoms with E-state index in [4.69, 9.17) is 9.47 Å². The first kappa shape index (κ1) is 22.7. The Hall–Kier alpha value is -1.61. The van der Waals surface area contributed by atoms with Crippen molar-refractivity contribution in [3.63, 3.8) is 0 Å². The van der Waals surface area contributed by atoms with Crippen LogP contribution in [0.1, 0.15) is 63.2 Å². The molecule has 2 rings (SSSR count). The lowest BCUT2D eigenvalue weighted by atomic mass is 9.81. The fourth-order valence-electron chi connectivity index (χ4n) is 3.43. The van der Waals surface area contributed by atoms with Crippen LogP contribution in [0.5, 0.6) is 0 Å². The number of ketones is 1. The van der Waals surface area contributed by atoms with E-state index in [0.717, 1.165) is 29.4 Å². The lowest BCUT2D eigenvalue weighted by Gasteiger charge is -2.37. The molecule has 28 heavy (non-hydrogen) atoms. The average Bonchev–Trinajstić information content (AvgIpc) is 2.68. The molecule has 0 unspecified atom stereocenters. The molecule has 1 aliphatic rings. The number of benzene rings is 1. The summed E-state index contributed by atoms with van der Waals surface area (Å²) in [4.78, 5) is 13.4. The summed E-state index contributed by atoms with van der Waals surface area (Å²) in [6.07, 6.45) is 5.70. The molecule has 1 aromatic rings. The number of carbonyl (C=O) groups is 1. The highest BCUT2D eigenvalue weighted by Crippen LogP contribution is 2.41. The molecule has 0 saturated heterocycles. The van der Waals surface area contributed by atoms with Crippen molar-refractivity contribution in [3.8, 4) is 0 Å². The van der Waals surface area contributed by atoms with Crippen LogP contribution in [0.3, 0.4) is 0 Å². The molecule has 1 fully saturated rings. The van der Waals surface area contributed by atoms with Crippen molar-refractivity contribution >= 4 is 13.9 Å². The topological polar surface area (TPSA) is 35.5 Å². The molecule has 1 aromatic carbocycles. The maximum absolute atomic E-state index is 13.4. The van der Waals surface area contributed by atoms with Gasteiger partial charge in [0.15, 0.2) is 12.6 Å². The van der Waals surface area contributed by atoms with Gasteiger partial charge in [0.05, 0.1) is 0 Å². The standard InChI is InChI=1S/C24H36O3Si/c1-24(2,3)28(5,6)22(27-18-26-4)17-21(19-13-9-7-10-14-19)23(25)20-15-11-8-12-16-20/h8,11-12,15-16,19H,7,9-10,13-14,18H2,1-6H3. The second-order valence-corrected chi connectivity index (χ2v) is 14.5. The number of methoxy groups -OCH3 is 1. The number of rotatable bonds is 7. The van der Waals surface area contributed by atoms with Crippen molar-refractivity contribution in [2.24, 2.45) is 5.92 Å². The van der Waals surface area contributed by atoms with Gasteiger partial charge in [-0.2, -0.15) is 0 Å². The first-order valence-corrected chi connectivity index (χ1v) is 13.4. The molecule has 0 aromatic heterocycles. The van der Waals surface area contributed by atoms with E-state index >= 15 is 0 Å². The molecule has 0 aliphatic heterocycles. The van der Waals surface area contributed by atoms with E-state index in [9.17, 15) is 4.79 Å². The summed E-state index contributed by atoms with van der Waals surface area (Å²) in [5.74, 6) is 0.345. The first-order valence-electron chi connectivity index (χ1n) is 10.4. The zero-order valence-corrected chi connectivity index (χ0v) is 19.4. The highest BCUT2D eigenvalue weighted by molar-refractivity contribution is 6.86. The number of Topliss-reactive ketones (excluding diaryl/α,β-unsaturated/α-hetero) is 1. The fourth-order valence-corrected chi connectivity index (χ4v) is 4.98. The maximum atomic E-state index is 13.4. The van der Waals surface area contributed by atoms with Gasteiger partial charge in [0.25, 0.3) is 0 Å². The fraction of sp³-hybridized carbons (Fsp3) is 0.583. The number of hydrogen-bond donors (Lipinski definition) is 0. The van der Waals surface area contributed by atoms with Crippen molar-refractivity contribution in [2.45, 2.75) is 71.0 Å². The van der Waals surface area contributed by atoms with Crippen LogP contribution in [0.2, 0.25) is 18.1 Å². The van der Waals surface area contributed by atoms with Gasteiger partial charge in [-0.1, -0.05) is 89.2 Å². The lowest BCUT2D eigenvalue weighted by Crippen LogP contribution is -2.41. The van der Waals surface area contributed by atoms with E-state index in [1.807, 2.05) is 30.3 Å². The molecular formula is C24H36O3Si. The van der Waals surface area contributed by atoms with Gasteiger partial charge in [0, 0.05) is 18.2 Å². The van der Waals surface area contributed by atoms with Gasteiger partial charge in [0.2, 0.25) is 0 Å². The van der Waals surface area contributed by atoms with Gasteiger partial charge in [-0.05, 0) is 23.8 Å². The van der Waals surface area contributed by atoms with Crippen LogP contribution in [0, 0.1) is 5.92 Å². The number of hydrogen-bond acceptors (Lipinski definition) is 3. The zero-order valence-electron chi connectivity index (χ0n) is 18.4. The Morgan fingerprint density at radius 1 is 1.11 bits per heavy atom. The van der Waals surface area contributed by atoms with Crippen molar-refractivity contribution in [3.05, 3.63) is 52.6 Å². The Kier molecular flexibility index (Phi) is 7.88. The highest BCUT2D eigenvalue weighted by Gasteiger charge is 2.41. The first-order chi connectivity index (χ1) is 13.2. The van der Waals surface area contributed by atoms with E-state index in [2.05, 4.69) is 39.6 Å². The van der Waals surface area contributed by atoms with Crippen molar-refractivity contribution in [1.82, 2.24) is 0 Å². The molecular weight excluding hydrogens is 364 g/mol. The Morgan fingerprint density at radius 2 is 1.71 bits per heavy atom. The minimum atomic E-state index is -2.01. The maximum Gasteiger partial charge on any atom is 0.197 e. The van der Waals surface area contributed by atoms with Gasteiger partial charge in [-0.15, -0.1) is 0 Å². The Morgan fingerprint density at radius 3 is 2.25 bits per heavy atom. The Labute approximate surface area is 171 Å². The van der Waals surface area contributed by atoms with Gasteiger partial charge in [0.1, 0.15) is 13.5 Å². The average molecular weight is 401 g/mol. The summed E-state index contributed by atoms with van der Waals surface area (Å²) in [5.41, 5.74) is 5.07. The molecule has 4 heteroatoms. The van der Waals surface area contributed by atoms with Crippen LogP contribution < -0.4 is 0 Å². The molecule has 0 bridgehead atoms. The van der Waals surface area contributed by atoms with Crippen LogP contribution in [-0.2, 0) is 9.47 Å². The zero-order chi connectivity index (χ0) is 20.8. The third-order valence-corrected chi connectivity index (χ3v) is 11.5. The lowest BCUT2D eigenvalue weighted by molar-refractivity contribution is 0.0126. The van der Waals surface area contributed by atoms with Gasteiger partial charge in [-0.3, -0.25) is 4.79 Å². The number of ether oxygens (including phenoxy) is 2. The van der Waals surface area contributed by atoms with Crippen LogP contribution in [-0.4, -0.2) is 27.8 Å². The molecule has 0 spiro atoms. The Bertz CT molecular complexity index is 716. The molecule has 0 radical (unpaired) electrons. The summed E-state index contributed by atoms with van der Waals surface area (Å²) >= 11 is 0. The van der Waals surface area contributed by atoms with Crippen molar-refractivity contribution < 1.29 is 14.3 Å². The molecule has 1 saturated carbocycles. The minimum absolute atomic E-state index is 0.0799. The Balaban J connectivity index is 2.63. The van der Waals surface area contributed by atoms with Crippen LogP contribution in [0.15, 0.2) is 47.0 Å². The molecule has 0 atom stereocenters. The summed E-state index contributed by atoms with van der Waals surface area (Å²) in [6, 6.07) is 9.58. The van der Waals surface area contributed by atoms with E-state index in [0.29, 0.717) is 0 Å². The summed E-state index contributed by atoms with van der Waals surface area (Å²) in [6.45, 7) is 11.5.